The molecule has 0 aliphatic carbocycles. The molecule has 3 rings (SSSR count). The topological polar surface area (TPSA) is 96.0 Å². The Bertz CT molecular complexity index is 1450. The van der Waals surface area contributed by atoms with E-state index < -0.39 is 16.1 Å². The van der Waals surface area contributed by atoms with Gasteiger partial charge in [0.2, 0.25) is 21.8 Å². The number of hydrogen-bond donors (Lipinski definition) is 1. The van der Waals surface area contributed by atoms with Crippen LogP contribution in [0.25, 0.3) is 0 Å². The van der Waals surface area contributed by atoms with Crippen molar-refractivity contribution in [3.8, 4) is 5.75 Å². The molecule has 11 heteroatoms. The van der Waals surface area contributed by atoms with E-state index >= 15 is 0 Å². The largest absolute Gasteiger partial charge is 0.492 e. The number of para-hydroxylation sites is 2. The average Bonchev–Trinajstić information content (AvgIpc) is 2.94. The quantitative estimate of drug-likeness (QED) is 0.231. The fourth-order valence-electron chi connectivity index (χ4n) is 4.60. The van der Waals surface area contributed by atoms with Gasteiger partial charge in [0.15, 0.2) is 0 Å². The van der Waals surface area contributed by atoms with Crippen molar-refractivity contribution < 1.29 is 22.7 Å². The summed E-state index contributed by atoms with van der Waals surface area (Å²) in [5, 5.41) is 3.69. The zero-order chi connectivity index (χ0) is 30.7. The van der Waals surface area contributed by atoms with E-state index in [1.165, 1.54) is 9.21 Å². The molecule has 226 valence electrons. The molecular formula is C31H37Cl2N3O5S. The van der Waals surface area contributed by atoms with E-state index in [4.69, 9.17) is 27.9 Å². The first-order valence-electron chi connectivity index (χ1n) is 13.8. The second kappa shape index (κ2) is 15.8. The Balaban J connectivity index is 1.90. The Morgan fingerprint density at radius 2 is 1.67 bits per heavy atom. The summed E-state index contributed by atoms with van der Waals surface area (Å²) in [5.41, 5.74) is 1.94. The predicted octanol–water partition coefficient (Wildman–Crippen LogP) is 5.71. The fraction of sp³-hybridized carbons (Fsp3) is 0.355. The summed E-state index contributed by atoms with van der Waals surface area (Å²) in [4.78, 5) is 28.8. The van der Waals surface area contributed by atoms with Crippen LogP contribution in [-0.2, 0) is 32.6 Å². The van der Waals surface area contributed by atoms with E-state index in [0.717, 1.165) is 11.8 Å². The van der Waals surface area contributed by atoms with E-state index in [0.29, 0.717) is 46.6 Å². The summed E-state index contributed by atoms with van der Waals surface area (Å²) in [5.74, 6) is -0.155. The minimum Gasteiger partial charge on any atom is -0.492 e. The minimum atomic E-state index is -3.68. The molecule has 0 bridgehead atoms. The van der Waals surface area contributed by atoms with Gasteiger partial charge >= 0.3 is 0 Å². The summed E-state index contributed by atoms with van der Waals surface area (Å²) in [6.45, 7) is 4.54. The molecule has 3 aromatic rings. The van der Waals surface area contributed by atoms with Crippen molar-refractivity contribution in [1.29, 1.82) is 0 Å². The van der Waals surface area contributed by atoms with Crippen molar-refractivity contribution in [3.05, 3.63) is 94.0 Å². The summed E-state index contributed by atoms with van der Waals surface area (Å²) in [6.07, 6.45) is 1.63. The number of halogens is 2. The van der Waals surface area contributed by atoms with Gasteiger partial charge in [-0.25, -0.2) is 8.42 Å². The molecule has 8 nitrogen and oxygen atoms in total. The summed E-state index contributed by atoms with van der Waals surface area (Å²) in [6, 6.07) is 20.5. The molecule has 0 heterocycles. The molecule has 2 amide bonds. The SMILES string of the molecule is CCNC(=O)[C@@H](Cc1ccccc1)N(Cc1ccc(Cl)cc1Cl)C(=O)CCCN(c1ccccc1OCC)S(C)(=O)=O. The van der Waals surface area contributed by atoms with Gasteiger partial charge in [0.1, 0.15) is 11.8 Å². The molecular weight excluding hydrogens is 597 g/mol. The van der Waals surface area contributed by atoms with E-state index in [2.05, 4.69) is 5.32 Å². The van der Waals surface area contributed by atoms with E-state index in [-0.39, 0.29) is 37.7 Å². The van der Waals surface area contributed by atoms with Crippen molar-refractivity contribution in [3.63, 3.8) is 0 Å². The van der Waals surface area contributed by atoms with Gasteiger partial charge in [-0.3, -0.25) is 13.9 Å². The van der Waals surface area contributed by atoms with Gasteiger partial charge in [-0.2, -0.15) is 0 Å². The van der Waals surface area contributed by atoms with Crippen LogP contribution in [0.5, 0.6) is 5.75 Å². The number of nitrogens with one attached hydrogen (secondary N) is 1. The number of ether oxygens (including phenoxy) is 1. The number of rotatable bonds is 15. The lowest BCUT2D eigenvalue weighted by Crippen LogP contribution is -2.50. The van der Waals surface area contributed by atoms with Gasteiger partial charge in [-0.15, -0.1) is 0 Å². The van der Waals surface area contributed by atoms with Crippen LogP contribution in [0.1, 0.15) is 37.8 Å². The summed E-state index contributed by atoms with van der Waals surface area (Å²) in [7, 11) is -3.68. The lowest BCUT2D eigenvalue weighted by atomic mass is 10.0. The molecule has 0 aliphatic heterocycles. The van der Waals surface area contributed by atoms with Crippen molar-refractivity contribution >= 4 is 50.7 Å². The number of amides is 2. The van der Waals surface area contributed by atoms with E-state index in [1.807, 2.05) is 44.2 Å². The normalized spacial score (nSPS) is 11.9. The van der Waals surface area contributed by atoms with Gasteiger partial charge in [0.05, 0.1) is 18.6 Å². The number of nitrogens with zero attached hydrogens (tertiary/aromatic N) is 2. The predicted molar refractivity (Wildman–Crippen MR) is 169 cm³/mol. The molecule has 0 spiro atoms. The van der Waals surface area contributed by atoms with Crippen LogP contribution < -0.4 is 14.4 Å². The third-order valence-corrected chi connectivity index (χ3v) is 8.33. The summed E-state index contributed by atoms with van der Waals surface area (Å²) >= 11 is 12.6. The Morgan fingerprint density at radius 3 is 2.31 bits per heavy atom. The number of carbonyl (C=O) groups is 2. The van der Waals surface area contributed by atoms with Gasteiger partial charge in [-0.1, -0.05) is 71.7 Å². The lowest BCUT2D eigenvalue weighted by molar-refractivity contribution is -0.141. The van der Waals surface area contributed by atoms with Crippen LogP contribution in [0.2, 0.25) is 10.0 Å². The smallest absolute Gasteiger partial charge is 0.243 e. The molecule has 3 aromatic carbocycles. The maximum Gasteiger partial charge on any atom is 0.243 e. The molecule has 0 radical (unpaired) electrons. The van der Waals surface area contributed by atoms with Gasteiger partial charge < -0.3 is 15.0 Å². The number of benzene rings is 3. The third kappa shape index (κ3) is 9.37. The number of sulfonamides is 1. The van der Waals surface area contributed by atoms with E-state index in [1.54, 1.807) is 42.5 Å². The van der Waals surface area contributed by atoms with Crippen LogP contribution >= 0.6 is 23.2 Å². The highest BCUT2D eigenvalue weighted by atomic mass is 35.5. The molecule has 0 aliphatic rings. The van der Waals surface area contributed by atoms with Gasteiger partial charge in [0.25, 0.3) is 0 Å². The first kappa shape index (κ1) is 33.2. The van der Waals surface area contributed by atoms with Gasteiger partial charge in [0, 0.05) is 42.5 Å². The molecule has 0 unspecified atom stereocenters. The van der Waals surface area contributed by atoms with Crippen LogP contribution in [0.15, 0.2) is 72.8 Å². The zero-order valence-corrected chi connectivity index (χ0v) is 26.4. The third-order valence-electron chi connectivity index (χ3n) is 6.56. The van der Waals surface area contributed by atoms with Gasteiger partial charge in [-0.05, 0) is 55.7 Å². The zero-order valence-electron chi connectivity index (χ0n) is 24.1. The second-order valence-electron chi connectivity index (χ2n) is 9.70. The van der Waals surface area contributed by atoms with Crippen LogP contribution in [-0.4, -0.2) is 57.1 Å². The number of anilines is 1. The van der Waals surface area contributed by atoms with Crippen molar-refractivity contribution in [2.45, 2.75) is 45.7 Å². The number of likely N-dealkylation sites (N-methyl/N-ethyl adjacent to an activating group) is 1. The molecule has 42 heavy (non-hydrogen) atoms. The first-order chi connectivity index (χ1) is 20.0. The molecule has 1 atom stereocenters. The van der Waals surface area contributed by atoms with E-state index in [9.17, 15) is 18.0 Å². The standard InChI is InChI=1S/C31H37Cl2N3O5S/c1-4-34-31(38)28(20-23-12-7-6-8-13-23)35(22-24-17-18-25(32)21-26(24)33)30(37)16-11-19-36(42(3,39)40)27-14-9-10-15-29(27)41-5-2/h6-10,12-15,17-18,21,28H,4-5,11,16,19-20,22H2,1-3H3,(H,34,38)/t28-/m1/s1. The molecule has 0 aromatic heterocycles. The molecule has 0 saturated heterocycles. The average molecular weight is 635 g/mol. The van der Waals surface area contributed by atoms with Crippen LogP contribution in [0.3, 0.4) is 0 Å². The Kier molecular flexibility index (Phi) is 12.5. The second-order valence-corrected chi connectivity index (χ2v) is 12.4. The van der Waals surface area contributed by atoms with Crippen molar-refractivity contribution in [2.24, 2.45) is 0 Å². The molecule has 0 saturated carbocycles. The molecule has 1 N–H and O–H groups in total. The molecule has 0 fully saturated rings. The Labute approximate surface area is 258 Å². The highest BCUT2D eigenvalue weighted by Gasteiger charge is 2.31. The highest BCUT2D eigenvalue weighted by molar-refractivity contribution is 7.92. The maximum atomic E-state index is 13.9. The monoisotopic (exact) mass is 633 g/mol. The Morgan fingerprint density at radius 1 is 0.976 bits per heavy atom. The summed E-state index contributed by atoms with van der Waals surface area (Å²) < 4.78 is 32.4. The number of hydrogen-bond acceptors (Lipinski definition) is 5. The maximum absolute atomic E-state index is 13.9. The van der Waals surface area contributed by atoms with Crippen molar-refractivity contribution in [1.82, 2.24) is 10.2 Å². The van der Waals surface area contributed by atoms with Crippen LogP contribution in [0.4, 0.5) is 5.69 Å². The fourth-order valence-corrected chi connectivity index (χ4v) is 6.04. The Hall–Kier alpha value is -3.27. The first-order valence-corrected chi connectivity index (χ1v) is 16.4. The number of carbonyl (C=O) groups excluding carboxylic acids is 2. The highest BCUT2D eigenvalue weighted by Crippen LogP contribution is 2.30. The van der Waals surface area contributed by atoms with Crippen LogP contribution in [0, 0.1) is 0 Å². The lowest BCUT2D eigenvalue weighted by Gasteiger charge is -2.32. The minimum absolute atomic E-state index is 0.00126. The van der Waals surface area contributed by atoms with Crippen molar-refractivity contribution in [2.75, 3.05) is 30.3 Å².